The Hall–Kier alpha value is -3.31. The number of benzene rings is 2. The fraction of sp³-hybridized carbons (Fsp3) is 0.231. The van der Waals surface area contributed by atoms with Gasteiger partial charge in [-0.15, -0.1) is 0 Å². The van der Waals surface area contributed by atoms with Gasteiger partial charge in [0.25, 0.3) is 17.7 Å². The third-order valence-electron chi connectivity index (χ3n) is 5.28. The smallest absolute Gasteiger partial charge is 0.268 e. The van der Waals surface area contributed by atoms with Crippen LogP contribution in [0, 0.1) is 0 Å². The van der Waals surface area contributed by atoms with Crippen LogP contribution >= 0.6 is 23.2 Å². The first kappa shape index (κ1) is 29.2. The van der Waals surface area contributed by atoms with Crippen LogP contribution in [0.25, 0.3) is 0 Å². The van der Waals surface area contributed by atoms with Gasteiger partial charge in [-0.05, 0) is 74.6 Å². The van der Waals surface area contributed by atoms with E-state index < -0.39 is 27.5 Å². The Kier molecular flexibility index (Phi) is 9.98. The van der Waals surface area contributed by atoms with Gasteiger partial charge in [-0.1, -0.05) is 30.1 Å². The van der Waals surface area contributed by atoms with Gasteiger partial charge in [-0.2, -0.15) is 4.36 Å². The van der Waals surface area contributed by atoms with Gasteiger partial charge in [0.15, 0.2) is 0 Å². The summed E-state index contributed by atoms with van der Waals surface area (Å²) in [6.07, 6.45) is 3.66. The number of nitrogens with zero attached hydrogens (tertiary/aromatic N) is 3. The Morgan fingerprint density at radius 3 is 2.29 bits per heavy atom. The first-order valence-electron chi connectivity index (χ1n) is 11.6. The molecule has 9 nitrogen and oxygen atoms in total. The summed E-state index contributed by atoms with van der Waals surface area (Å²) in [5, 5.41) is 6.06. The Morgan fingerprint density at radius 1 is 0.974 bits per heavy atom. The molecule has 200 valence electrons. The molecule has 1 aromatic heterocycles. The molecule has 12 heteroatoms. The van der Waals surface area contributed by atoms with Crippen LogP contribution in [0.15, 0.2) is 70.1 Å². The maximum Gasteiger partial charge on any atom is 0.268 e. The number of likely N-dealkylation sites (N-methyl/N-ethyl adjacent to an activating group) is 1. The zero-order valence-corrected chi connectivity index (χ0v) is 23.4. The van der Waals surface area contributed by atoms with Crippen LogP contribution in [-0.4, -0.2) is 58.2 Å². The second-order valence-electron chi connectivity index (χ2n) is 8.51. The molecule has 3 aromatic rings. The van der Waals surface area contributed by atoms with Crippen molar-refractivity contribution < 1.29 is 18.6 Å². The molecule has 1 atom stereocenters. The third kappa shape index (κ3) is 8.09. The van der Waals surface area contributed by atoms with E-state index in [4.69, 9.17) is 23.2 Å². The van der Waals surface area contributed by atoms with Gasteiger partial charge in [0.1, 0.15) is 5.82 Å². The van der Waals surface area contributed by atoms with Crippen molar-refractivity contribution in [2.24, 2.45) is 4.36 Å². The highest BCUT2D eigenvalue weighted by Gasteiger charge is 2.17. The van der Waals surface area contributed by atoms with Crippen LogP contribution in [0.4, 0.5) is 11.5 Å². The van der Waals surface area contributed by atoms with Gasteiger partial charge in [0.2, 0.25) is 0 Å². The lowest BCUT2D eigenvalue weighted by Gasteiger charge is -2.13. The van der Waals surface area contributed by atoms with Gasteiger partial charge in [0, 0.05) is 27.9 Å². The van der Waals surface area contributed by atoms with Crippen molar-refractivity contribution >= 4 is 62.2 Å². The van der Waals surface area contributed by atoms with E-state index in [-0.39, 0.29) is 29.2 Å². The average molecular weight is 577 g/mol. The van der Waals surface area contributed by atoms with Crippen molar-refractivity contribution in [3.05, 3.63) is 82.0 Å². The molecule has 3 amide bonds. The summed E-state index contributed by atoms with van der Waals surface area (Å²) < 4.78 is 17.0. The molecule has 38 heavy (non-hydrogen) atoms. The Morgan fingerprint density at radius 2 is 1.66 bits per heavy atom. The molecule has 0 aliphatic rings. The summed E-state index contributed by atoms with van der Waals surface area (Å²) in [6, 6.07) is 13.5. The van der Waals surface area contributed by atoms with Crippen LogP contribution in [0.3, 0.4) is 0 Å². The van der Waals surface area contributed by atoms with Crippen molar-refractivity contribution in [1.82, 2.24) is 9.88 Å². The normalized spacial score (nSPS) is 12.5. The van der Waals surface area contributed by atoms with Gasteiger partial charge in [-0.25, -0.2) is 9.19 Å². The van der Waals surface area contributed by atoms with E-state index in [0.717, 1.165) is 13.0 Å². The van der Waals surface area contributed by atoms with Crippen molar-refractivity contribution in [2.75, 3.05) is 37.0 Å². The monoisotopic (exact) mass is 575 g/mol. The van der Waals surface area contributed by atoms with E-state index in [2.05, 4.69) is 20.0 Å². The molecule has 2 N–H and O–H groups in total. The Labute approximate surface area is 231 Å². The number of carbonyl (C=O) groups excluding carboxylic acids is 3. The fourth-order valence-electron chi connectivity index (χ4n) is 3.47. The Balaban J connectivity index is 1.76. The number of pyridine rings is 1. The highest BCUT2D eigenvalue weighted by molar-refractivity contribution is 7.93. The van der Waals surface area contributed by atoms with E-state index in [0.29, 0.717) is 14.9 Å². The van der Waals surface area contributed by atoms with E-state index in [1.165, 1.54) is 48.9 Å². The number of nitrogens with one attached hydrogen (secondary N) is 2. The SMILES string of the molecule is CCCN(C)CC(=O)N=S(C)(=O)c1ccc(C(=O)Nc2ccc(Cl)cc2C(=O)Nc2ccc(Cl)cn2)cc1. The molecule has 0 aliphatic heterocycles. The minimum absolute atomic E-state index is 0.0737. The molecule has 0 aliphatic carbocycles. The number of halogens is 2. The molecular weight excluding hydrogens is 549 g/mol. The number of hydrogen-bond acceptors (Lipinski definition) is 6. The van der Waals surface area contributed by atoms with Crippen molar-refractivity contribution in [2.45, 2.75) is 18.2 Å². The number of rotatable bonds is 9. The first-order valence-corrected chi connectivity index (χ1v) is 14.2. The summed E-state index contributed by atoms with van der Waals surface area (Å²) in [5.41, 5.74) is 0.603. The topological polar surface area (TPSA) is 121 Å². The zero-order chi connectivity index (χ0) is 27.9. The maximum absolute atomic E-state index is 13.1. The lowest BCUT2D eigenvalue weighted by atomic mass is 10.1. The van der Waals surface area contributed by atoms with E-state index in [1.807, 2.05) is 11.8 Å². The van der Waals surface area contributed by atoms with Crippen LogP contribution in [0.2, 0.25) is 10.0 Å². The summed E-state index contributed by atoms with van der Waals surface area (Å²) in [4.78, 5) is 44.2. The third-order valence-corrected chi connectivity index (χ3v) is 7.44. The Bertz CT molecular complexity index is 1450. The van der Waals surface area contributed by atoms with E-state index in [1.54, 1.807) is 25.2 Å². The number of hydrogen-bond donors (Lipinski definition) is 2. The second kappa shape index (κ2) is 13.0. The van der Waals surface area contributed by atoms with Gasteiger partial charge < -0.3 is 10.6 Å². The first-order chi connectivity index (χ1) is 18.0. The van der Waals surface area contributed by atoms with Gasteiger partial charge in [-0.3, -0.25) is 19.3 Å². The van der Waals surface area contributed by atoms with E-state index in [9.17, 15) is 18.6 Å². The molecular formula is C26H27Cl2N5O4S. The van der Waals surface area contributed by atoms with Crippen LogP contribution in [-0.2, 0) is 14.5 Å². The molecule has 0 radical (unpaired) electrons. The summed E-state index contributed by atoms with van der Waals surface area (Å²) in [5.74, 6) is -1.24. The predicted octanol–water partition coefficient (Wildman–Crippen LogP) is 5.22. The summed E-state index contributed by atoms with van der Waals surface area (Å²) in [6.45, 7) is 2.80. The quantitative estimate of drug-likeness (QED) is 0.361. The molecule has 3 rings (SSSR count). The molecule has 2 aromatic carbocycles. The highest BCUT2D eigenvalue weighted by Crippen LogP contribution is 2.23. The standard InChI is InChI=1S/C26H27Cl2N5O4S/c1-4-13-33(2)16-24(34)32-38(3,37)20-9-5-17(6-10-20)25(35)30-22-11-7-18(27)14-21(22)26(36)31-23-12-8-19(28)15-29-23/h5-12,14-15H,4,13,16H2,1-3H3,(H,30,35)(H,29,31,36). The second-order valence-corrected chi connectivity index (χ2v) is 11.6. The molecule has 0 fully saturated rings. The summed E-state index contributed by atoms with van der Waals surface area (Å²) >= 11 is 11.9. The van der Waals surface area contributed by atoms with Gasteiger partial charge in [0.05, 0.1) is 32.5 Å². The van der Waals surface area contributed by atoms with Gasteiger partial charge >= 0.3 is 0 Å². The molecule has 0 saturated heterocycles. The summed E-state index contributed by atoms with van der Waals surface area (Å²) in [7, 11) is -1.19. The average Bonchev–Trinajstić information content (AvgIpc) is 2.86. The minimum Gasteiger partial charge on any atom is -0.321 e. The largest absolute Gasteiger partial charge is 0.321 e. The fourth-order valence-corrected chi connectivity index (χ4v) is 4.94. The number of amides is 3. The number of anilines is 2. The van der Waals surface area contributed by atoms with Crippen molar-refractivity contribution in [1.29, 1.82) is 0 Å². The van der Waals surface area contributed by atoms with Crippen LogP contribution in [0.5, 0.6) is 0 Å². The minimum atomic E-state index is -2.99. The lowest BCUT2D eigenvalue weighted by Crippen LogP contribution is -2.26. The molecule has 0 saturated carbocycles. The maximum atomic E-state index is 13.1. The van der Waals surface area contributed by atoms with Crippen LogP contribution in [0.1, 0.15) is 34.1 Å². The zero-order valence-electron chi connectivity index (χ0n) is 21.0. The van der Waals surface area contributed by atoms with E-state index >= 15 is 0 Å². The molecule has 1 unspecified atom stereocenters. The number of aromatic nitrogens is 1. The highest BCUT2D eigenvalue weighted by atomic mass is 35.5. The molecule has 1 heterocycles. The van der Waals surface area contributed by atoms with Crippen molar-refractivity contribution in [3.63, 3.8) is 0 Å². The van der Waals surface area contributed by atoms with Crippen LogP contribution < -0.4 is 10.6 Å². The number of carbonyl (C=O) groups is 3. The molecule has 0 bridgehead atoms. The molecule has 0 spiro atoms. The predicted molar refractivity (Wildman–Crippen MR) is 151 cm³/mol. The van der Waals surface area contributed by atoms with Crippen molar-refractivity contribution in [3.8, 4) is 0 Å². The lowest BCUT2D eigenvalue weighted by molar-refractivity contribution is -0.118.